The van der Waals surface area contributed by atoms with Crippen LogP contribution in [0.4, 0.5) is 0 Å². The maximum absolute atomic E-state index is 9.18. The first-order valence-corrected chi connectivity index (χ1v) is 8.05. The summed E-state index contributed by atoms with van der Waals surface area (Å²) in [6.07, 6.45) is 0. The third kappa shape index (κ3) is 3.33. The molecule has 2 rings (SSSR count). The van der Waals surface area contributed by atoms with E-state index in [0.29, 0.717) is 0 Å². The molecule has 0 spiro atoms. The van der Waals surface area contributed by atoms with Gasteiger partial charge in [-0.2, -0.15) is 5.26 Å². The number of rotatable bonds is 6. The Morgan fingerprint density at radius 2 is 1.75 bits per heavy atom. The summed E-state index contributed by atoms with van der Waals surface area (Å²) in [6.45, 7) is 7.71. The van der Waals surface area contributed by atoms with E-state index >= 15 is 0 Å². The first-order valence-electron chi connectivity index (χ1n) is 7.07. The molecule has 0 saturated carbocycles. The zero-order valence-electron chi connectivity index (χ0n) is 12.1. The fourth-order valence-electron chi connectivity index (χ4n) is 2.32. The number of hydrogen-bond donors (Lipinski definition) is 0. The van der Waals surface area contributed by atoms with Crippen LogP contribution in [0, 0.1) is 11.3 Å². The molecule has 2 aromatic rings. The van der Waals surface area contributed by atoms with Crippen LogP contribution in [0.15, 0.2) is 41.3 Å². The van der Waals surface area contributed by atoms with Gasteiger partial charge in [0, 0.05) is 22.6 Å². The molecular formula is C17H20N2S. The van der Waals surface area contributed by atoms with Crippen molar-refractivity contribution in [1.82, 2.24) is 4.90 Å². The lowest BCUT2D eigenvalue weighted by Gasteiger charge is -2.17. The van der Waals surface area contributed by atoms with Crippen molar-refractivity contribution in [3.05, 3.63) is 42.0 Å². The lowest BCUT2D eigenvalue weighted by molar-refractivity contribution is 0.324. The van der Waals surface area contributed by atoms with Gasteiger partial charge in [-0.05, 0) is 30.6 Å². The van der Waals surface area contributed by atoms with E-state index < -0.39 is 0 Å². The minimum absolute atomic E-state index is 0.758. The summed E-state index contributed by atoms with van der Waals surface area (Å²) in [5, 5.41) is 11.4. The number of nitrogens with zero attached hydrogens (tertiary/aromatic N) is 2. The van der Waals surface area contributed by atoms with Crippen molar-refractivity contribution in [3.63, 3.8) is 0 Å². The zero-order valence-corrected chi connectivity index (χ0v) is 12.9. The van der Waals surface area contributed by atoms with Crippen LogP contribution in [0.3, 0.4) is 0 Å². The van der Waals surface area contributed by atoms with E-state index in [1.165, 1.54) is 10.3 Å². The highest BCUT2D eigenvalue weighted by Gasteiger charge is 2.06. The molecule has 0 aromatic heterocycles. The first kappa shape index (κ1) is 14.9. The molecule has 2 nitrogen and oxygen atoms in total. The quantitative estimate of drug-likeness (QED) is 0.746. The Hall–Kier alpha value is -1.50. The summed E-state index contributed by atoms with van der Waals surface area (Å²) >= 11 is 1.88. The SMILES string of the molecule is CCN(CC)CCSc1ccc(C#N)c2ccccc12. The van der Waals surface area contributed by atoms with E-state index in [-0.39, 0.29) is 0 Å². The maximum Gasteiger partial charge on any atom is 0.0998 e. The van der Waals surface area contributed by atoms with Crippen LogP contribution in [0.2, 0.25) is 0 Å². The molecule has 0 saturated heterocycles. The van der Waals surface area contributed by atoms with Crippen molar-refractivity contribution in [2.24, 2.45) is 0 Å². The Labute approximate surface area is 125 Å². The van der Waals surface area contributed by atoms with Crippen LogP contribution in [-0.2, 0) is 0 Å². The summed E-state index contributed by atoms with van der Waals surface area (Å²) < 4.78 is 0. The molecule has 0 aliphatic carbocycles. The molecule has 0 N–H and O–H groups in total. The fourth-order valence-corrected chi connectivity index (χ4v) is 3.39. The average Bonchev–Trinajstić information content (AvgIpc) is 2.51. The molecule has 0 bridgehead atoms. The number of nitriles is 1. The minimum atomic E-state index is 0.758. The van der Waals surface area contributed by atoms with Gasteiger partial charge in [0.05, 0.1) is 11.6 Å². The van der Waals surface area contributed by atoms with Crippen molar-refractivity contribution in [1.29, 1.82) is 5.26 Å². The Morgan fingerprint density at radius 3 is 2.40 bits per heavy atom. The Balaban J connectivity index is 2.17. The smallest absolute Gasteiger partial charge is 0.0998 e. The Morgan fingerprint density at radius 1 is 1.05 bits per heavy atom. The normalized spacial score (nSPS) is 10.9. The summed E-state index contributed by atoms with van der Waals surface area (Å²) in [5.74, 6) is 1.08. The highest BCUT2D eigenvalue weighted by molar-refractivity contribution is 7.99. The zero-order chi connectivity index (χ0) is 14.4. The van der Waals surface area contributed by atoms with Gasteiger partial charge in [0.25, 0.3) is 0 Å². The van der Waals surface area contributed by atoms with Gasteiger partial charge >= 0.3 is 0 Å². The molecule has 0 fully saturated rings. The molecular weight excluding hydrogens is 264 g/mol. The molecule has 2 aromatic carbocycles. The van der Waals surface area contributed by atoms with E-state index in [1.54, 1.807) is 0 Å². The predicted molar refractivity (Wildman–Crippen MR) is 87.2 cm³/mol. The van der Waals surface area contributed by atoms with Crippen molar-refractivity contribution in [2.45, 2.75) is 18.7 Å². The molecule has 20 heavy (non-hydrogen) atoms. The van der Waals surface area contributed by atoms with E-state index in [2.05, 4.69) is 36.9 Å². The summed E-state index contributed by atoms with van der Waals surface area (Å²) in [7, 11) is 0. The molecule has 0 aliphatic heterocycles. The van der Waals surface area contributed by atoms with Gasteiger partial charge in [-0.25, -0.2) is 0 Å². The summed E-state index contributed by atoms with van der Waals surface area (Å²) in [5.41, 5.74) is 0.758. The Bertz CT molecular complexity index is 612. The highest BCUT2D eigenvalue weighted by atomic mass is 32.2. The summed E-state index contributed by atoms with van der Waals surface area (Å²) in [4.78, 5) is 3.70. The van der Waals surface area contributed by atoms with Crippen molar-refractivity contribution in [2.75, 3.05) is 25.4 Å². The molecule has 104 valence electrons. The van der Waals surface area contributed by atoms with Crippen LogP contribution < -0.4 is 0 Å². The second-order valence-electron chi connectivity index (χ2n) is 4.64. The predicted octanol–water partition coefficient (Wildman–Crippen LogP) is 4.15. The lowest BCUT2D eigenvalue weighted by Crippen LogP contribution is -2.25. The second-order valence-corrected chi connectivity index (χ2v) is 5.78. The van der Waals surface area contributed by atoms with Crippen LogP contribution in [0.5, 0.6) is 0 Å². The van der Waals surface area contributed by atoms with Crippen LogP contribution in [0.1, 0.15) is 19.4 Å². The van der Waals surface area contributed by atoms with Gasteiger partial charge in [0.2, 0.25) is 0 Å². The molecule has 0 heterocycles. The molecule has 0 amide bonds. The van der Waals surface area contributed by atoms with Gasteiger partial charge in [0.1, 0.15) is 0 Å². The average molecular weight is 284 g/mol. The number of thioether (sulfide) groups is 1. The van der Waals surface area contributed by atoms with Crippen LogP contribution >= 0.6 is 11.8 Å². The van der Waals surface area contributed by atoms with Crippen molar-refractivity contribution < 1.29 is 0 Å². The molecule has 3 heteroatoms. The second kappa shape index (κ2) is 7.33. The highest BCUT2D eigenvalue weighted by Crippen LogP contribution is 2.29. The fraction of sp³-hybridized carbons (Fsp3) is 0.353. The van der Waals surface area contributed by atoms with E-state index in [4.69, 9.17) is 0 Å². The molecule has 0 unspecified atom stereocenters. The lowest BCUT2D eigenvalue weighted by atomic mass is 10.1. The largest absolute Gasteiger partial charge is 0.303 e. The van der Waals surface area contributed by atoms with Crippen LogP contribution in [-0.4, -0.2) is 30.3 Å². The first-order chi connectivity index (χ1) is 9.80. The standard InChI is InChI=1S/C17H20N2S/c1-3-19(4-2)11-12-20-17-10-9-14(13-18)15-7-5-6-8-16(15)17/h5-10H,3-4,11-12H2,1-2H3. The van der Waals surface area contributed by atoms with E-state index in [9.17, 15) is 5.26 Å². The molecule has 0 aliphatic rings. The third-order valence-corrected chi connectivity index (χ3v) is 4.62. The van der Waals surface area contributed by atoms with Crippen LogP contribution in [0.25, 0.3) is 10.8 Å². The van der Waals surface area contributed by atoms with E-state index in [0.717, 1.165) is 36.3 Å². The van der Waals surface area contributed by atoms with Crippen molar-refractivity contribution >= 4 is 22.5 Å². The Kier molecular flexibility index (Phi) is 5.46. The van der Waals surface area contributed by atoms with Gasteiger partial charge < -0.3 is 4.90 Å². The summed E-state index contributed by atoms with van der Waals surface area (Å²) in [6, 6.07) is 14.5. The van der Waals surface area contributed by atoms with E-state index in [1.807, 2.05) is 36.0 Å². The number of fused-ring (bicyclic) bond motifs is 1. The number of benzene rings is 2. The topological polar surface area (TPSA) is 27.0 Å². The third-order valence-electron chi connectivity index (χ3n) is 3.56. The monoisotopic (exact) mass is 284 g/mol. The van der Waals surface area contributed by atoms with Gasteiger partial charge in [-0.1, -0.05) is 38.1 Å². The van der Waals surface area contributed by atoms with Gasteiger partial charge in [0.15, 0.2) is 0 Å². The maximum atomic E-state index is 9.18. The molecule has 0 atom stereocenters. The molecule has 0 radical (unpaired) electrons. The minimum Gasteiger partial charge on any atom is -0.303 e. The van der Waals surface area contributed by atoms with Gasteiger partial charge in [-0.15, -0.1) is 11.8 Å². The number of hydrogen-bond acceptors (Lipinski definition) is 3. The van der Waals surface area contributed by atoms with Crippen molar-refractivity contribution in [3.8, 4) is 6.07 Å². The van der Waals surface area contributed by atoms with Gasteiger partial charge in [-0.3, -0.25) is 0 Å².